The first kappa shape index (κ1) is 13.5. The molecule has 0 radical (unpaired) electrons. The highest BCUT2D eigenvalue weighted by Crippen LogP contribution is 2.43. The standard InChI is InChI=1S/C15H25N3S/c1-4-13-9-17-15(3,12-5-6-12)10-18(13)11(2)14-16-7-8-19-14/h7-8,11-13,17H,4-6,9-10H2,1-3H3. The highest BCUT2D eigenvalue weighted by atomic mass is 32.1. The van der Waals surface area contributed by atoms with E-state index in [0.29, 0.717) is 17.6 Å². The summed E-state index contributed by atoms with van der Waals surface area (Å²) in [4.78, 5) is 7.21. The van der Waals surface area contributed by atoms with Crippen LogP contribution in [0.3, 0.4) is 0 Å². The van der Waals surface area contributed by atoms with E-state index in [1.54, 1.807) is 11.3 Å². The van der Waals surface area contributed by atoms with Crippen LogP contribution in [-0.2, 0) is 0 Å². The minimum atomic E-state index is 0.317. The molecular formula is C15H25N3S. The monoisotopic (exact) mass is 279 g/mol. The lowest BCUT2D eigenvalue weighted by Gasteiger charge is -2.48. The van der Waals surface area contributed by atoms with Crippen molar-refractivity contribution < 1.29 is 0 Å². The molecule has 0 spiro atoms. The van der Waals surface area contributed by atoms with Gasteiger partial charge in [0.15, 0.2) is 0 Å². The molecule has 2 aliphatic rings. The van der Waals surface area contributed by atoms with Crippen LogP contribution in [0.1, 0.15) is 51.1 Å². The Balaban J connectivity index is 1.78. The van der Waals surface area contributed by atoms with Gasteiger partial charge in [-0.25, -0.2) is 4.98 Å². The summed E-state index contributed by atoms with van der Waals surface area (Å²) in [7, 11) is 0. The van der Waals surface area contributed by atoms with Gasteiger partial charge in [0.1, 0.15) is 5.01 Å². The van der Waals surface area contributed by atoms with Crippen LogP contribution >= 0.6 is 11.3 Å². The molecule has 0 bridgehead atoms. The molecule has 1 aliphatic carbocycles. The summed E-state index contributed by atoms with van der Waals surface area (Å²) < 4.78 is 0. The number of aromatic nitrogens is 1. The highest BCUT2D eigenvalue weighted by molar-refractivity contribution is 7.09. The normalized spacial score (nSPS) is 34.4. The van der Waals surface area contributed by atoms with Gasteiger partial charge in [-0.15, -0.1) is 11.3 Å². The number of piperazine rings is 1. The van der Waals surface area contributed by atoms with E-state index in [1.807, 2.05) is 6.20 Å². The molecule has 3 rings (SSSR count). The Hall–Kier alpha value is -0.450. The molecule has 1 aromatic rings. The van der Waals surface area contributed by atoms with Gasteiger partial charge in [-0.05, 0) is 39.0 Å². The van der Waals surface area contributed by atoms with Crippen LogP contribution in [0.15, 0.2) is 11.6 Å². The molecule has 19 heavy (non-hydrogen) atoms. The van der Waals surface area contributed by atoms with Crippen LogP contribution in [0.2, 0.25) is 0 Å². The number of nitrogens with zero attached hydrogens (tertiary/aromatic N) is 2. The van der Waals surface area contributed by atoms with Gasteiger partial charge < -0.3 is 5.32 Å². The van der Waals surface area contributed by atoms with E-state index in [9.17, 15) is 0 Å². The number of thiazole rings is 1. The fourth-order valence-electron chi connectivity index (χ4n) is 3.44. The molecule has 1 saturated carbocycles. The van der Waals surface area contributed by atoms with Crippen molar-refractivity contribution in [2.45, 2.75) is 57.7 Å². The summed E-state index contributed by atoms with van der Waals surface area (Å²) in [5.41, 5.74) is 0.317. The molecule has 1 saturated heterocycles. The molecule has 3 atom stereocenters. The Kier molecular flexibility index (Phi) is 3.67. The second-order valence-electron chi connectivity index (χ2n) is 6.35. The van der Waals surface area contributed by atoms with Crippen LogP contribution in [0.4, 0.5) is 0 Å². The second kappa shape index (κ2) is 5.15. The number of nitrogens with one attached hydrogen (secondary N) is 1. The minimum absolute atomic E-state index is 0.317. The SMILES string of the molecule is CCC1CNC(C)(C2CC2)CN1C(C)c1nccs1. The van der Waals surface area contributed by atoms with Gasteiger partial charge in [-0.1, -0.05) is 6.92 Å². The maximum Gasteiger partial charge on any atom is 0.109 e. The summed E-state index contributed by atoms with van der Waals surface area (Å²) in [5.74, 6) is 0.885. The van der Waals surface area contributed by atoms with Crippen molar-refractivity contribution in [3.63, 3.8) is 0 Å². The lowest BCUT2D eigenvalue weighted by Crippen LogP contribution is -2.64. The van der Waals surface area contributed by atoms with Crippen LogP contribution in [-0.4, -0.2) is 34.6 Å². The van der Waals surface area contributed by atoms with Crippen LogP contribution < -0.4 is 5.32 Å². The number of hydrogen-bond donors (Lipinski definition) is 1. The van der Waals surface area contributed by atoms with Gasteiger partial charge in [0, 0.05) is 36.2 Å². The maximum absolute atomic E-state index is 4.52. The van der Waals surface area contributed by atoms with Crippen molar-refractivity contribution >= 4 is 11.3 Å². The molecule has 3 nitrogen and oxygen atoms in total. The fourth-order valence-corrected chi connectivity index (χ4v) is 4.16. The predicted molar refractivity (Wildman–Crippen MR) is 80.4 cm³/mol. The van der Waals surface area contributed by atoms with Crippen molar-refractivity contribution in [1.29, 1.82) is 0 Å². The van der Waals surface area contributed by atoms with Gasteiger partial charge in [0.2, 0.25) is 0 Å². The first-order valence-electron chi connectivity index (χ1n) is 7.54. The van der Waals surface area contributed by atoms with Crippen molar-refractivity contribution in [1.82, 2.24) is 15.2 Å². The van der Waals surface area contributed by atoms with Gasteiger partial charge in [0.25, 0.3) is 0 Å². The molecule has 2 fully saturated rings. The zero-order valence-corrected chi connectivity index (χ0v) is 13.0. The van der Waals surface area contributed by atoms with Gasteiger partial charge in [-0.2, -0.15) is 0 Å². The average molecular weight is 279 g/mol. The van der Waals surface area contributed by atoms with Gasteiger partial charge >= 0.3 is 0 Å². The molecule has 3 unspecified atom stereocenters. The zero-order chi connectivity index (χ0) is 13.5. The zero-order valence-electron chi connectivity index (χ0n) is 12.2. The van der Waals surface area contributed by atoms with E-state index in [0.717, 1.165) is 19.0 Å². The van der Waals surface area contributed by atoms with E-state index in [-0.39, 0.29) is 0 Å². The molecule has 0 aromatic carbocycles. The lowest BCUT2D eigenvalue weighted by atomic mass is 9.89. The Morgan fingerprint density at radius 2 is 2.37 bits per heavy atom. The van der Waals surface area contributed by atoms with Crippen molar-refractivity contribution in [3.8, 4) is 0 Å². The predicted octanol–water partition coefficient (Wildman–Crippen LogP) is 3.06. The smallest absolute Gasteiger partial charge is 0.109 e. The summed E-state index contributed by atoms with van der Waals surface area (Å²) in [6.07, 6.45) is 5.95. The van der Waals surface area contributed by atoms with Crippen molar-refractivity contribution in [2.24, 2.45) is 5.92 Å². The van der Waals surface area contributed by atoms with Crippen molar-refractivity contribution in [2.75, 3.05) is 13.1 Å². The summed E-state index contributed by atoms with van der Waals surface area (Å²) in [6.45, 7) is 9.32. The van der Waals surface area contributed by atoms with Crippen molar-refractivity contribution in [3.05, 3.63) is 16.6 Å². The van der Waals surface area contributed by atoms with E-state index < -0.39 is 0 Å². The second-order valence-corrected chi connectivity index (χ2v) is 7.28. The molecule has 1 N–H and O–H groups in total. The lowest BCUT2D eigenvalue weighted by molar-refractivity contribution is 0.0418. The molecule has 1 aliphatic heterocycles. The third-order valence-electron chi connectivity index (χ3n) is 4.98. The van der Waals surface area contributed by atoms with Gasteiger partial charge in [-0.3, -0.25) is 4.90 Å². The molecular weight excluding hydrogens is 254 g/mol. The first-order chi connectivity index (χ1) is 9.14. The Labute approximate surface area is 120 Å². The molecule has 2 heterocycles. The quantitative estimate of drug-likeness (QED) is 0.918. The molecule has 4 heteroatoms. The topological polar surface area (TPSA) is 28.2 Å². The van der Waals surface area contributed by atoms with E-state index in [2.05, 4.69) is 41.4 Å². The van der Waals surface area contributed by atoms with Crippen LogP contribution in [0.5, 0.6) is 0 Å². The fraction of sp³-hybridized carbons (Fsp3) is 0.800. The third kappa shape index (κ3) is 2.58. The molecule has 0 amide bonds. The van der Waals surface area contributed by atoms with E-state index >= 15 is 0 Å². The summed E-state index contributed by atoms with van der Waals surface area (Å²) >= 11 is 1.79. The molecule has 1 aromatic heterocycles. The Bertz CT molecular complexity index is 415. The summed E-state index contributed by atoms with van der Waals surface area (Å²) in [6, 6.07) is 1.09. The van der Waals surface area contributed by atoms with Gasteiger partial charge in [0.05, 0.1) is 6.04 Å². The van der Waals surface area contributed by atoms with E-state index in [4.69, 9.17) is 0 Å². The van der Waals surface area contributed by atoms with Crippen LogP contribution in [0.25, 0.3) is 0 Å². The van der Waals surface area contributed by atoms with E-state index in [1.165, 1.54) is 24.3 Å². The first-order valence-corrected chi connectivity index (χ1v) is 8.42. The Morgan fingerprint density at radius 1 is 1.58 bits per heavy atom. The number of rotatable bonds is 4. The minimum Gasteiger partial charge on any atom is -0.308 e. The molecule has 106 valence electrons. The third-order valence-corrected chi connectivity index (χ3v) is 5.92. The Morgan fingerprint density at radius 3 is 2.95 bits per heavy atom. The highest BCUT2D eigenvalue weighted by Gasteiger charge is 2.46. The number of hydrogen-bond acceptors (Lipinski definition) is 4. The average Bonchev–Trinajstić information content (AvgIpc) is 3.15. The maximum atomic E-state index is 4.52. The van der Waals surface area contributed by atoms with Crippen LogP contribution in [0, 0.1) is 5.92 Å². The summed E-state index contributed by atoms with van der Waals surface area (Å²) in [5, 5.41) is 7.18. The largest absolute Gasteiger partial charge is 0.308 e.